The monoisotopic (exact) mass is 236 g/mol. The third kappa shape index (κ3) is 1.23. The van der Waals surface area contributed by atoms with E-state index in [9.17, 15) is 5.11 Å². The highest BCUT2D eigenvalue weighted by Crippen LogP contribution is 2.68. The van der Waals surface area contributed by atoms with Gasteiger partial charge in [0.25, 0.3) is 0 Å². The van der Waals surface area contributed by atoms with E-state index in [-0.39, 0.29) is 28.6 Å². The second kappa shape index (κ2) is 3.16. The van der Waals surface area contributed by atoms with Gasteiger partial charge in [-0.15, -0.1) is 0 Å². The third-order valence-corrected chi connectivity index (χ3v) is 6.19. The summed E-state index contributed by atoms with van der Waals surface area (Å²) >= 11 is 0. The van der Waals surface area contributed by atoms with E-state index in [1.807, 2.05) is 0 Å². The van der Waals surface area contributed by atoms with E-state index in [0.29, 0.717) is 0 Å². The molecule has 0 unspecified atom stereocenters. The molecule has 17 heavy (non-hydrogen) atoms. The summed E-state index contributed by atoms with van der Waals surface area (Å²) in [4.78, 5) is 0. The van der Waals surface area contributed by atoms with Gasteiger partial charge in [-0.1, -0.05) is 25.5 Å². The normalized spacial score (nSPS) is 57.6. The van der Waals surface area contributed by atoms with Gasteiger partial charge in [-0.25, -0.2) is 0 Å². The molecule has 1 saturated heterocycles. The van der Waals surface area contributed by atoms with Crippen LogP contribution in [0.25, 0.3) is 0 Å². The average Bonchev–Trinajstić information content (AvgIpc) is 2.51. The van der Waals surface area contributed by atoms with Crippen molar-refractivity contribution >= 4 is 0 Å². The quantitative estimate of drug-likeness (QED) is 0.655. The van der Waals surface area contributed by atoms with E-state index < -0.39 is 0 Å². The van der Waals surface area contributed by atoms with Crippen molar-refractivity contribution < 1.29 is 9.84 Å². The van der Waals surface area contributed by atoms with Crippen LogP contribution in [0.1, 0.15) is 53.4 Å². The first-order chi connectivity index (χ1) is 7.81. The molecule has 0 amide bonds. The minimum atomic E-state index is -0.185. The SMILES string of the molecule is CC1=C[C@@H]2O[C@]3(C)C[C@@H](O)C[C@]3(C)[C@@]2(C)CC1. The fraction of sp³-hybridized carbons (Fsp3) is 0.867. The van der Waals surface area contributed by atoms with Crippen molar-refractivity contribution in [1.29, 1.82) is 0 Å². The van der Waals surface area contributed by atoms with Crippen LogP contribution in [0, 0.1) is 10.8 Å². The Morgan fingerprint density at radius 1 is 1.29 bits per heavy atom. The van der Waals surface area contributed by atoms with Crippen LogP contribution in [0.3, 0.4) is 0 Å². The summed E-state index contributed by atoms with van der Waals surface area (Å²) in [5, 5.41) is 10.0. The number of rotatable bonds is 0. The Balaban J connectivity index is 2.07. The summed E-state index contributed by atoms with van der Waals surface area (Å²) < 4.78 is 6.39. The molecule has 96 valence electrons. The Kier molecular flexibility index (Phi) is 2.18. The van der Waals surface area contributed by atoms with Gasteiger partial charge in [0.2, 0.25) is 0 Å². The zero-order valence-electron chi connectivity index (χ0n) is 11.4. The van der Waals surface area contributed by atoms with Crippen LogP contribution in [0.4, 0.5) is 0 Å². The fourth-order valence-corrected chi connectivity index (χ4v) is 4.61. The van der Waals surface area contributed by atoms with E-state index in [0.717, 1.165) is 12.8 Å². The predicted molar refractivity (Wildman–Crippen MR) is 67.7 cm³/mol. The number of aliphatic hydroxyl groups is 1. The van der Waals surface area contributed by atoms with Crippen molar-refractivity contribution in [2.24, 2.45) is 10.8 Å². The molecule has 1 saturated carbocycles. The van der Waals surface area contributed by atoms with Gasteiger partial charge in [0.05, 0.1) is 17.8 Å². The number of allylic oxidation sites excluding steroid dienone is 1. The van der Waals surface area contributed by atoms with Crippen LogP contribution in [0.2, 0.25) is 0 Å². The van der Waals surface area contributed by atoms with Crippen LogP contribution in [-0.2, 0) is 4.74 Å². The lowest BCUT2D eigenvalue weighted by atomic mass is 9.56. The molecule has 3 rings (SSSR count). The molecule has 0 bridgehead atoms. The minimum absolute atomic E-state index is 0.112. The summed E-state index contributed by atoms with van der Waals surface area (Å²) in [5.41, 5.74) is 1.62. The van der Waals surface area contributed by atoms with E-state index in [2.05, 4.69) is 33.8 Å². The van der Waals surface area contributed by atoms with Crippen molar-refractivity contribution in [2.45, 2.75) is 71.2 Å². The van der Waals surface area contributed by atoms with Crippen molar-refractivity contribution in [3.05, 3.63) is 11.6 Å². The molecule has 0 aromatic rings. The van der Waals surface area contributed by atoms with E-state index in [4.69, 9.17) is 4.74 Å². The zero-order chi connectivity index (χ0) is 12.5. The van der Waals surface area contributed by atoms with Crippen molar-refractivity contribution in [3.8, 4) is 0 Å². The van der Waals surface area contributed by atoms with E-state index in [1.54, 1.807) is 0 Å². The standard InChI is InChI=1S/C15H24O2/c1-10-5-6-13(2)12(7-10)17-15(4)9-11(16)8-14(13,15)3/h7,11-12,16H,5-6,8-9H2,1-4H3/t11-,12-,13-,14+,15+/m0/s1. The molecule has 0 spiro atoms. The molecular formula is C15H24O2. The van der Waals surface area contributed by atoms with Gasteiger partial charge in [-0.3, -0.25) is 0 Å². The molecule has 0 radical (unpaired) electrons. The number of ether oxygens (including phenoxy) is 1. The number of hydrogen-bond donors (Lipinski definition) is 1. The Bertz CT molecular complexity index is 388. The number of aliphatic hydroxyl groups excluding tert-OH is 1. The number of hydrogen-bond acceptors (Lipinski definition) is 2. The molecule has 1 aliphatic heterocycles. The Morgan fingerprint density at radius 3 is 2.71 bits per heavy atom. The second-order valence-corrected chi connectivity index (χ2v) is 7.09. The smallest absolute Gasteiger partial charge is 0.0825 e. The molecule has 3 aliphatic rings. The first kappa shape index (κ1) is 11.7. The summed E-state index contributed by atoms with van der Waals surface area (Å²) in [5.74, 6) is 0. The molecule has 0 aromatic carbocycles. The lowest BCUT2D eigenvalue weighted by Gasteiger charge is -2.45. The molecule has 2 heteroatoms. The minimum Gasteiger partial charge on any atom is -0.393 e. The van der Waals surface area contributed by atoms with Crippen LogP contribution in [0.15, 0.2) is 11.6 Å². The maximum atomic E-state index is 10.0. The Labute approximate surface area is 104 Å². The van der Waals surface area contributed by atoms with Crippen molar-refractivity contribution in [1.82, 2.24) is 0 Å². The van der Waals surface area contributed by atoms with Crippen LogP contribution < -0.4 is 0 Å². The van der Waals surface area contributed by atoms with Gasteiger partial charge in [-0.2, -0.15) is 0 Å². The summed E-state index contributed by atoms with van der Waals surface area (Å²) in [6, 6.07) is 0. The molecular weight excluding hydrogens is 212 g/mol. The van der Waals surface area contributed by atoms with Crippen LogP contribution in [-0.4, -0.2) is 22.9 Å². The fourth-order valence-electron chi connectivity index (χ4n) is 4.61. The maximum absolute atomic E-state index is 10.0. The third-order valence-electron chi connectivity index (χ3n) is 6.19. The molecule has 5 atom stereocenters. The molecule has 1 N–H and O–H groups in total. The van der Waals surface area contributed by atoms with Gasteiger partial charge in [-0.05, 0) is 33.1 Å². The Hall–Kier alpha value is -0.340. The average molecular weight is 236 g/mol. The van der Waals surface area contributed by atoms with Gasteiger partial charge in [0, 0.05) is 17.3 Å². The predicted octanol–water partition coefficient (Wildman–Crippen LogP) is 3.05. The molecule has 1 heterocycles. The van der Waals surface area contributed by atoms with Crippen LogP contribution in [0.5, 0.6) is 0 Å². The maximum Gasteiger partial charge on any atom is 0.0825 e. The van der Waals surface area contributed by atoms with Crippen molar-refractivity contribution in [3.63, 3.8) is 0 Å². The summed E-state index contributed by atoms with van der Waals surface area (Å²) in [6.07, 6.45) is 6.45. The lowest BCUT2D eigenvalue weighted by molar-refractivity contribution is -0.0466. The molecule has 2 nitrogen and oxygen atoms in total. The van der Waals surface area contributed by atoms with Crippen molar-refractivity contribution in [2.75, 3.05) is 0 Å². The van der Waals surface area contributed by atoms with Gasteiger partial charge in [0.15, 0.2) is 0 Å². The van der Waals surface area contributed by atoms with E-state index >= 15 is 0 Å². The van der Waals surface area contributed by atoms with Gasteiger partial charge >= 0.3 is 0 Å². The second-order valence-electron chi connectivity index (χ2n) is 7.09. The van der Waals surface area contributed by atoms with Gasteiger partial charge < -0.3 is 9.84 Å². The highest BCUT2D eigenvalue weighted by Gasteiger charge is 2.69. The molecule has 0 aromatic heterocycles. The highest BCUT2D eigenvalue weighted by atomic mass is 16.5. The molecule has 2 aliphatic carbocycles. The number of fused-ring (bicyclic) bond motifs is 3. The highest BCUT2D eigenvalue weighted by molar-refractivity contribution is 5.25. The first-order valence-electron chi connectivity index (χ1n) is 6.84. The Morgan fingerprint density at radius 2 is 2.00 bits per heavy atom. The first-order valence-corrected chi connectivity index (χ1v) is 6.84. The largest absolute Gasteiger partial charge is 0.393 e. The molecule has 2 fully saturated rings. The van der Waals surface area contributed by atoms with Crippen LogP contribution >= 0.6 is 0 Å². The topological polar surface area (TPSA) is 29.5 Å². The van der Waals surface area contributed by atoms with Gasteiger partial charge in [0.1, 0.15) is 0 Å². The summed E-state index contributed by atoms with van der Waals surface area (Å²) in [6.45, 7) is 9.11. The van der Waals surface area contributed by atoms with E-state index in [1.165, 1.54) is 18.4 Å². The zero-order valence-corrected chi connectivity index (χ0v) is 11.4. The lowest BCUT2D eigenvalue weighted by Crippen LogP contribution is -2.45. The summed E-state index contributed by atoms with van der Waals surface area (Å²) in [7, 11) is 0.